The summed E-state index contributed by atoms with van der Waals surface area (Å²) in [5.41, 5.74) is -0.465. The minimum absolute atomic E-state index is 0.465. The zero-order valence-corrected chi connectivity index (χ0v) is 10.6. The van der Waals surface area contributed by atoms with E-state index in [-0.39, 0.29) is 0 Å². The van der Waals surface area contributed by atoms with Crippen LogP contribution in [0.4, 0.5) is 0 Å². The molecule has 0 saturated heterocycles. The van der Waals surface area contributed by atoms with Gasteiger partial charge in [0.15, 0.2) is 0 Å². The average Bonchev–Trinajstić information content (AvgIpc) is 2.70. The number of hydrogen-bond acceptors (Lipinski definition) is 2. The molecule has 0 unspecified atom stereocenters. The first-order chi connectivity index (χ1) is 7.09. The van der Waals surface area contributed by atoms with E-state index in [4.69, 9.17) is 0 Å². The maximum Gasteiger partial charge on any atom is 0.0768 e. The van der Waals surface area contributed by atoms with Gasteiger partial charge < -0.3 is 10.0 Å². The highest BCUT2D eigenvalue weighted by Crippen LogP contribution is 2.26. The lowest BCUT2D eigenvalue weighted by Crippen LogP contribution is -2.42. The molecule has 0 aromatic rings. The predicted octanol–water partition coefficient (Wildman–Crippen LogP) is 2.66. The molecule has 0 heterocycles. The van der Waals surface area contributed by atoms with E-state index in [0.29, 0.717) is 0 Å². The summed E-state index contributed by atoms with van der Waals surface area (Å²) in [6, 6.07) is 0. The lowest BCUT2D eigenvalue weighted by molar-refractivity contribution is 0.000135. The van der Waals surface area contributed by atoms with Crippen molar-refractivity contribution < 1.29 is 5.11 Å². The summed E-state index contributed by atoms with van der Waals surface area (Å²) < 4.78 is 0. The molecule has 2 heteroatoms. The fraction of sp³-hybridized carbons (Fsp3) is 1.00. The SMILES string of the molecule is CCC(O)(CC)CN(C)CC1CCCC1. The predicted molar refractivity (Wildman–Crippen MR) is 65.0 cm³/mol. The molecule has 1 saturated carbocycles. The maximum atomic E-state index is 10.2. The van der Waals surface area contributed by atoms with Crippen LogP contribution in [0, 0.1) is 5.92 Å². The van der Waals surface area contributed by atoms with Crippen LogP contribution in [0.3, 0.4) is 0 Å². The molecule has 2 nitrogen and oxygen atoms in total. The van der Waals surface area contributed by atoms with Gasteiger partial charge in [0.2, 0.25) is 0 Å². The Morgan fingerprint density at radius 1 is 1.20 bits per heavy atom. The Morgan fingerprint density at radius 3 is 2.20 bits per heavy atom. The van der Waals surface area contributed by atoms with Gasteiger partial charge in [-0.25, -0.2) is 0 Å². The van der Waals surface area contributed by atoms with E-state index < -0.39 is 5.60 Å². The van der Waals surface area contributed by atoms with Gasteiger partial charge in [-0.05, 0) is 38.6 Å². The number of likely N-dealkylation sites (N-methyl/N-ethyl adjacent to an activating group) is 1. The van der Waals surface area contributed by atoms with Crippen molar-refractivity contribution in [1.29, 1.82) is 0 Å². The zero-order valence-electron chi connectivity index (χ0n) is 10.6. The van der Waals surface area contributed by atoms with Crippen molar-refractivity contribution in [3.8, 4) is 0 Å². The number of aliphatic hydroxyl groups is 1. The molecule has 15 heavy (non-hydrogen) atoms. The summed E-state index contributed by atoms with van der Waals surface area (Å²) in [6.07, 6.45) is 7.31. The summed E-state index contributed by atoms with van der Waals surface area (Å²) in [4.78, 5) is 2.32. The first-order valence-corrected chi connectivity index (χ1v) is 6.50. The first-order valence-electron chi connectivity index (χ1n) is 6.50. The Morgan fingerprint density at radius 2 is 1.73 bits per heavy atom. The Kier molecular flexibility index (Phi) is 5.07. The zero-order chi connectivity index (χ0) is 11.3. The monoisotopic (exact) mass is 213 g/mol. The van der Waals surface area contributed by atoms with Gasteiger partial charge in [-0.15, -0.1) is 0 Å². The fourth-order valence-corrected chi connectivity index (χ4v) is 2.67. The van der Waals surface area contributed by atoms with Gasteiger partial charge in [0.05, 0.1) is 5.60 Å². The van der Waals surface area contributed by atoms with E-state index in [2.05, 4.69) is 25.8 Å². The molecule has 0 aliphatic heterocycles. The highest BCUT2D eigenvalue weighted by molar-refractivity contribution is 4.80. The number of nitrogens with zero attached hydrogens (tertiary/aromatic N) is 1. The Labute approximate surface area is 94.7 Å². The summed E-state index contributed by atoms with van der Waals surface area (Å²) in [6.45, 7) is 6.15. The van der Waals surface area contributed by atoms with Crippen molar-refractivity contribution in [1.82, 2.24) is 4.90 Å². The van der Waals surface area contributed by atoms with Gasteiger partial charge in [-0.3, -0.25) is 0 Å². The molecule has 0 atom stereocenters. The smallest absolute Gasteiger partial charge is 0.0768 e. The largest absolute Gasteiger partial charge is 0.389 e. The quantitative estimate of drug-likeness (QED) is 0.733. The molecule has 1 fully saturated rings. The fourth-order valence-electron chi connectivity index (χ4n) is 2.67. The number of hydrogen-bond donors (Lipinski definition) is 1. The lowest BCUT2D eigenvalue weighted by atomic mass is 9.96. The summed E-state index contributed by atoms with van der Waals surface area (Å²) >= 11 is 0. The van der Waals surface area contributed by atoms with Gasteiger partial charge in [-0.2, -0.15) is 0 Å². The van der Waals surface area contributed by atoms with Crippen LogP contribution in [0.1, 0.15) is 52.4 Å². The van der Waals surface area contributed by atoms with E-state index in [9.17, 15) is 5.11 Å². The van der Waals surface area contributed by atoms with Crippen LogP contribution in [-0.2, 0) is 0 Å². The van der Waals surface area contributed by atoms with E-state index >= 15 is 0 Å². The van der Waals surface area contributed by atoms with Gasteiger partial charge in [0, 0.05) is 13.1 Å². The Balaban J connectivity index is 2.30. The number of rotatable bonds is 6. The molecule has 1 N–H and O–H groups in total. The molecule has 1 aliphatic rings. The van der Waals surface area contributed by atoms with Crippen LogP contribution < -0.4 is 0 Å². The highest BCUT2D eigenvalue weighted by atomic mass is 16.3. The third-order valence-corrected chi connectivity index (χ3v) is 3.93. The normalized spacial score (nSPS) is 19.0. The van der Waals surface area contributed by atoms with Crippen molar-refractivity contribution in [3.05, 3.63) is 0 Å². The van der Waals surface area contributed by atoms with Crippen molar-refractivity contribution >= 4 is 0 Å². The first kappa shape index (κ1) is 13.0. The second-order valence-electron chi connectivity index (χ2n) is 5.28. The highest BCUT2D eigenvalue weighted by Gasteiger charge is 2.25. The van der Waals surface area contributed by atoms with E-state index in [1.165, 1.54) is 32.2 Å². The molecular weight excluding hydrogens is 186 g/mol. The van der Waals surface area contributed by atoms with E-state index in [1.807, 2.05) is 0 Å². The standard InChI is InChI=1S/C13H27NO/c1-4-13(15,5-2)11-14(3)10-12-8-6-7-9-12/h12,15H,4-11H2,1-3H3. The van der Waals surface area contributed by atoms with Crippen LogP contribution >= 0.6 is 0 Å². The van der Waals surface area contributed by atoms with Gasteiger partial charge in [0.25, 0.3) is 0 Å². The third-order valence-electron chi connectivity index (χ3n) is 3.93. The van der Waals surface area contributed by atoms with Gasteiger partial charge in [-0.1, -0.05) is 26.7 Å². The minimum Gasteiger partial charge on any atom is -0.389 e. The van der Waals surface area contributed by atoms with E-state index in [0.717, 1.165) is 25.3 Å². The lowest BCUT2D eigenvalue weighted by Gasteiger charge is -2.32. The van der Waals surface area contributed by atoms with Crippen molar-refractivity contribution in [3.63, 3.8) is 0 Å². The molecule has 0 aromatic carbocycles. The van der Waals surface area contributed by atoms with Crippen LogP contribution in [0.2, 0.25) is 0 Å². The van der Waals surface area contributed by atoms with Crippen LogP contribution in [0.25, 0.3) is 0 Å². The molecule has 90 valence electrons. The summed E-state index contributed by atoms with van der Waals surface area (Å²) in [5.74, 6) is 0.882. The van der Waals surface area contributed by atoms with Crippen LogP contribution in [0.5, 0.6) is 0 Å². The van der Waals surface area contributed by atoms with Crippen molar-refractivity contribution in [2.75, 3.05) is 20.1 Å². The molecule has 1 aliphatic carbocycles. The third kappa shape index (κ3) is 4.12. The maximum absolute atomic E-state index is 10.2. The van der Waals surface area contributed by atoms with Gasteiger partial charge >= 0.3 is 0 Å². The molecule has 0 spiro atoms. The Hall–Kier alpha value is -0.0800. The molecule has 0 radical (unpaired) electrons. The van der Waals surface area contributed by atoms with Crippen molar-refractivity contribution in [2.45, 2.75) is 58.0 Å². The minimum atomic E-state index is -0.465. The Bertz CT molecular complexity index is 171. The van der Waals surface area contributed by atoms with Crippen molar-refractivity contribution in [2.24, 2.45) is 5.92 Å². The summed E-state index contributed by atoms with van der Waals surface area (Å²) in [5, 5.41) is 10.2. The second kappa shape index (κ2) is 5.86. The van der Waals surface area contributed by atoms with Crippen LogP contribution in [0.15, 0.2) is 0 Å². The second-order valence-corrected chi connectivity index (χ2v) is 5.28. The van der Waals surface area contributed by atoms with E-state index in [1.54, 1.807) is 0 Å². The molecule has 0 aromatic heterocycles. The average molecular weight is 213 g/mol. The summed E-state index contributed by atoms with van der Waals surface area (Å²) in [7, 11) is 2.15. The molecule has 0 amide bonds. The topological polar surface area (TPSA) is 23.5 Å². The van der Waals surface area contributed by atoms with Gasteiger partial charge in [0.1, 0.15) is 0 Å². The molecular formula is C13H27NO. The molecule has 0 bridgehead atoms. The van der Waals surface area contributed by atoms with Crippen LogP contribution in [-0.4, -0.2) is 35.7 Å². The molecule has 1 rings (SSSR count).